The van der Waals surface area contributed by atoms with Gasteiger partial charge in [-0.05, 0) is 37.6 Å². The Balaban J connectivity index is 3.03. The summed E-state index contributed by atoms with van der Waals surface area (Å²) < 4.78 is 28.8. The van der Waals surface area contributed by atoms with Crippen molar-refractivity contribution >= 4 is 5.97 Å². The number of alkyl halides is 2. The summed E-state index contributed by atoms with van der Waals surface area (Å²) in [6.07, 6.45) is 0.688. The Morgan fingerprint density at radius 2 is 2.20 bits per heavy atom. The number of aliphatic carboxylic acids is 1. The number of carboxylic acid groups (broad SMARTS) is 1. The third kappa shape index (κ3) is 4.77. The maximum Gasteiger partial charge on any atom is 0.387 e. The van der Waals surface area contributed by atoms with Crippen LogP contribution in [0.4, 0.5) is 8.78 Å². The molecule has 112 valence electrons. The van der Waals surface area contributed by atoms with Crippen molar-refractivity contribution in [3.05, 3.63) is 29.8 Å². The molecule has 0 saturated heterocycles. The summed E-state index contributed by atoms with van der Waals surface area (Å²) in [6.45, 7) is 1.42. The third-order valence-electron chi connectivity index (χ3n) is 2.97. The van der Waals surface area contributed by atoms with Gasteiger partial charge in [0.2, 0.25) is 0 Å². The van der Waals surface area contributed by atoms with Gasteiger partial charge in [0.15, 0.2) is 0 Å². The van der Waals surface area contributed by atoms with Gasteiger partial charge in [0, 0.05) is 0 Å². The molecule has 1 unspecified atom stereocenters. The first kappa shape index (κ1) is 16.4. The molecule has 4 nitrogen and oxygen atoms in total. The molecule has 0 radical (unpaired) electrons. The summed E-state index contributed by atoms with van der Waals surface area (Å²) in [5.74, 6) is -0.941. The van der Waals surface area contributed by atoms with Crippen LogP contribution < -0.4 is 10.1 Å². The lowest BCUT2D eigenvalue weighted by Crippen LogP contribution is -2.41. The SMILES string of the molecule is CCCNC(C)(CC(=O)O)c1cccc(OC(F)F)c1. The molecule has 1 aromatic rings. The van der Waals surface area contributed by atoms with Crippen LogP contribution in [0.2, 0.25) is 0 Å². The number of rotatable bonds is 8. The Labute approximate surface area is 116 Å². The molecule has 0 aliphatic carbocycles. The van der Waals surface area contributed by atoms with Gasteiger partial charge >= 0.3 is 12.6 Å². The summed E-state index contributed by atoms with van der Waals surface area (Å²) in [4.78, 5) is 11.0. The lowest BCUT2D eigenvalue weighted by atomic mass is 9.88. The fraction of sp³-hybridized carbons (Fsp3) is 0.500. The quantitative estimate of drug-likeness (QED) is 0.771. The van der Waals surface area contributed by atoms with E-state index >= 15 is 0 Å². The van der Waals surface area contributed by atoms with E-state index in [4.69, 9.17) is 5.11 Å². The van der Waals surface area contributed by atoms with E-state index in [9.17, 15) is 13.6 Å². The highest BCUT2D eigenvalue weighted by molar-refractivity contribution is 5.69. The molecule has 0 bridgehead atoms. The molecule has 0 spiro atoms. The van der Waals surface area contributed by atoms with Gasteiger partial charge in [-0.1, -0.05) is 19.1 Å². The monoisotopic (exact) mass is 287 g/mol. The molecule has 1 aromatic carbocycles. The van der Waals surface area contributed by atoms with E-state index in [0.29, 0.717) is 12.1 Å². The molecule has 1 rings (SSSR count). The van der Waals surface area contributed by atoms with Gasteiger partial charge in [-0.25, -0.2) is 0 Å². The highest BCUT2D eigenvalue weighted by Gasteiger charge is 2.29. The molecule has 1 atom stereocenters. The van der Waals surface area contributed by atoms with E-state index in [1.54, 1.807) is 19.1 Å². The van der Waals surface area contributed by atoms with Crippen molar-refractivity contribution in [1.82, 2.24) is 5.32 Å². The van der Waals surface area contributed by atoms with Crippen LogP contribution in [0, 0.1) is 0 Å². The minimum atomic E-state index is -2.90. The van der Waals surface area contributed by atoms with Gasteiger partial charge in [-0.2, -0.15) is 8.78 Å². The van der Waals surface area contributed by atoms with Crippen molar-refractivity contribution in [3.63, 3.8) is 0 Å². The van der Waals surface area contributed by atoms with Crippen LogP contribution in [0.5, 0.6) is 5.75 Å². The lowest BCUT2D eigenvalue weighted by Gasteiger charge is -2.30. The number of ether oxygens (including phenoxy) is 1. The molecule has 0 amide bonds. The predicted molar refractivity (Wildman–Crippen MR) is 71.0 cm³/mol. The molecule has 0 fully saturated rings. The molecule has 0 heterocycles. The molecule has 0 aliphatic heterocycles. The van der Waals surface area contributed by atoms with Crippen LogP contribution in [0.15, 0.2) is 24.3 Å². The third-order valence-corrected chi connectivity index (χ3v) is 2.97. The molecular weight excluding hydrogens is 268 g/mol. The van der Waals surface area contributed by atoms with E-state index in [0.717, 1.165) is 6.42 Å². The summed E-state index contributed by atoms with van der Waals surface area (Å²) in [5.41, 5.74) is -0.227. The summed E-state index contributed by atoms with van der Waals surface area (Å²) in [6, 6.07) is 6.12. The molecule has 0 aromatic heterocycles. The highest BCUT2D eigenvalue weighted by Crippen LogP contribution is 2.28. The second kappa shape index (κ2) is 7.19. The van der Waals surface area contributed by atoms with Crippen LogP contribution in [0.3, 0.4) is 0 Å². The van der Waals surface area contributed by atoms with Crippen LogP contribution in [-0.4, -0.2) is 24.2 Å². The Morgan fingerprint density at radius 1 is 1.50 bits per heavy atom. The van der Waals surface area contributed by atoms with E-state index < -0.39 is 18.1 Å². The minimum absolute atomic E-state index is 0.0208. The van der Waals surface area contributed by atoms with Crippen LogP contribution in [-0.2, 0) is 10.3 Å². The summed E-state index contributed by atoms with van der Waals surface area (Å²) >= 11 is 0. The molecule has 20 heavy (non-hydrogen) atoms. The standard InChI is InChI=1S/C14H19F2NO3/c1-3-7-17-14(2,9-12(18)19)10-5-4-6-11(8-10)20-13(15)16/h4-6,8,13,17H,3,7,9H2,1-2H3,(H,18,19). The molecular formula is C14H19F2NO3. The molecule has 6 heteroatoms. The van der Waals surface area contributed by atoms with Gasteiger partial charge in [0.1, 0.15) is 5.75 Å². The van der Waals surface area contributed by atoms with E-state index in [-0.39, 0.29) is 12.2 Å². The predicted octanol–water partition coefficient (Wildman–Crippen LogP) is 2.98. The van der Waals surface area contributed by atoms with E-state index in [1.807, 2.05) is 6.92 Å². The normalized spacial score (nSPS) is 14.1. The van der Waals surface area contributed by atoms with E-state index in [2.05, 4.69) is 10.1 Å². The van der Waals surface area contributed by atoms with Crippen molar-refractivity contribution in [1.29, 1.82) is 0 Å². The Hall–Kier alpha value is -1.69. The zero-order chi connectivity index (χ0) is 15.2. The Bertz CT molecular complexity index is 454. The number of hydrogen-bond donors (Lipinski definition) is 2. The van der Waals surface area contributed by atoms with Gasteiger partial charge in [-0.3, -0.25) is 4.79 Å². The average molecular weight is 287 g/mol. The van der Waals surface area contributed by atoms with Crippen molar-refractivity contribution in [2.24, 2.45) is 0 Å². The number of carboxylic acids is 1. The average Bonchev–Trinajstić information content (AvgIpc) is 2.35. The van der Waals surface area contributed by atoms with Crippen molar-refractivity contribution in [2.75, 3.05) is 6.54 Å². The Morgan fingerprint density at radius 3 is 2.75 bits per heavy atom. The smallest absolute Gasteiger partial charge is 0.387 e. The first-order chi connectivity index (χ1) is 9.37. The lowest BCUT2D eigenvalue weighted by molar-refractivity contribution is -0.138. The van der Waals surface area contributed by atoms with Crippen LogP contribution >= 0.6 is 0 Å². The number of carbonyl (C=O) groups is 1. The van der Waals surface area contributed by atoms with Crippen LogP contribution in [0.25, 0.3) is 0 Å². The van der Waals surface area contributed by atoms with E-state index in [1.165, 1.54) is 12.1 Å². The van der Waals surface area contributed by atoms with Crippen molar-refractivity contribution in [2.45, 2.75) is 38.8 Å². The second-order valence-electron chi connectivity index (χ2n) is 4.74. The van der Waals surface area contributed by atoms with Gasteiger partial charge in [0.25, 0.3) is 0 Å². The number of benzene rings is 1. The fourth-order valence-electron chi connectivity index (χ4n) is 1.99. The maximum atomic E-state index is 12.2. The maximum absolute atomic E-state index is 12.2. The minimum Gasteiger partial charge on any atom is -0.481 e. The Kier molecular flexibility index (Phi) is 5.88. The van der Waals surface area contributed by atoms with Gasteiger partial charge in [0.05, 0.1) is 12.0 Å². The topological polar surface area (TPSA) is 58.6 Å². The zero-order valence-corrected chi connectivity index (χ0v) is 11.5. The van der Waals surface area contributed by atoms with Crippen molar-refractivity contribution in [3.8, 4) is 5.75 Å². The first-order valence-corrected chi connectivity index (χ1v) is 6.39. The summed E-state index contributed by atoms with van der Waals surface area (Å²) in [5, 5.41) is 12.2. The summed E-state index contributed by atoms with van der Waals surface area (Å²) in [7, 11) is 0. The zero-order valence-electron chi connectivity index (χ0n) is 11.5. The molecule has 0 saturated carbocycles. The fourth-order valence-corrected chi connectivity index (χ4v) is 1.99. The number of nitrogens with one attached hydrogen (secondary N) is 1. The molecule has 0 aliphatic rings. The van der Waals surface area contributed by atoms with Gasteiger partial charge < -0.3 is 15.2 Å². The van der Waals surface area contributed by atoms with Crippen LogP contribution in [0.1, 0.15) is 32.3 Å². The molecule has 2 N–H and O–H groups in total. The largest absolute Gasteiger partial charge is 0.481 e. The second-order valence-corrected chi connectivity index (χ2v) is 4.74. The van der Waals surface area contributed by atoms with Crippen molar-refractivity contribution < 1.29 is 23.4 Å². The number of hydrogen-bond acceptors (Lipinski definition) is 3. The first-order valence-electron chi connectivity index (χ1n) is 6.39. The van der Waals surface area contributed by atoms with Gasteiger partial charge in [-0.15, -0.1) is 0 Å². The highest BCUT2D eigenvalue weighted by atomic mass is 19.3. The number of halogens is 2.